The minimum atomic E-state index is 0.242. The van der Waals surface area contributed by atoms with Gasteiger partial charge in [0.15, 0.2) is 0 Å². The van der Waals surface area contributed by atoms with Crippen molar-refractivity contribution < 1.29 is 4.74 Å². The summed E-state index contributed by atoms with van der Waals surface area (Å²) in [5, 5.41) is 0. The molecule has 0 aliphatic heterocycles. The fourth-order valence-corrected chi connectivity index (χ4v) is 4.73. The van der Waals surface area contributed by atoms with Crippen molar-refractivity contribution in [3.8, 4) is 5.75 Å². The molecule has 0 radical (unpaired) electrons. The molecule has 3 nitrogen and oxygen atoms in total. The highest BCUT2D eigenvalue weighted by molar-refractivity contribution is 5.76. The number of rotatable bonds is 11. The number of aryl methyl sites for hydroxylation is 1. The molecule has 0 fully saturated rings. The van der Waals surface area contributed by atoms with Crippen LogP contribution in [0.15, 0.2) is 72.8 Å². The van der Waals surface area contributed by atoms with Crippen molar-refractivity contribution in [2.24, 2.45) is 5.92 Å². The SMILES string of the molecule is CC(C)Cc1ccc(C(C)c2nc3ccccc3n2CCCCOc2ccc(C(C)C)cc2)cc1. The van der Waals surface area contributed by atoms with Crippen LogP contribution in [0, 0.1) is 5.92 Å². The second-order valence-electron chi connectivity index (χ2n) is 10.5. The number of benzene rings is 3. The number of fused-ring (bicyclic) bond motifs is 1. The number of hydrogen-bond donors (Lipinski definition) is 0. The smallest absolute Gasteiger partial charge is 0.119 e. The van der Waals surface area contributed by atoms with E-state index in [4.69, 9.17) is 9.72 Å². The van der Waals surface area contributed by atoms with Crippen LogP contribution in [-0.2, 0) is 13.0 Å². The molecule has 3 heteroatoms. The Kier molecular flexibility index (Phi) is 8.28. The van der Waals surface area contributed by atoms with Gasteiger partial charge in [-0.25, -0.2) is 4.98 Å². The molecule has 0 aliphatic carbocycles. The molecule has 0 aliphatic rings. The van der Waals surface area contributed by atoms with Crippen molar-refractivity contribution >= 4 is 11.0 Å². The molecule has 1 aromatic heterocycles. The first-order valence-corrected chi connectivity index (χ1v) is 13.2. The molecule has 4 rings (SSSR count). The van der Waals surface area contributed by atoms with Gasteiger partial charge in [-0.15, -0.1) is 0 Å². The van der Waals surface area contributed by atoms with Crippen LogP contribution in [0.3, 0.4) is 0 Å². The summed E-state index contributed by atoms with van der Waals surface area (Å²) in [6, 6.07) is 26.1. The minimum absolute atomic E-state index is 0.242. The normalized spacial score (nSPS) is 12.5. The van der Waals surface area contributed by atoms with E-state index in [0.29, 0.717) is 11.8 Å². The van der Waals surface area contributed by atoms with E-state index in [1.807, 2.05) is 0 Å². The van der Waals surface area contributed by atoms with Crippen LogP contribution in [0.2, 0.25) is 0 Å². The van der Waals surface area contributed by atoms with Gasteiger partial charge in [-0.1, -0.05) is 83.1 Å². The first kappa shape index (κ1) is 25.0. The van der Waals surface area contributed by atoms with E-state index < -0.39 is 0 Å². The van der Waals surface area contributed by atoms with Gasteiger partial charge < -0.3 is 9.30 Å². The zero-order chi connectivity index (χ0) is 24.8. The molecule has 1 atom stereocenters. The lowest BCUT2D eigenvalue weighted by Gasteiger charge is -2.16. The molecule has 35 heavy (non-hydrogen) atoms. The number of imidazole rings is 1. The quantitative estimate of drug-likeness (QED) is 0.207. The molecule has 0 bridgehead atoms. The van der Waals surface area contributed by atoms with Crippen molar-refractivity contribution in [1.82, 2.24) is 9.55 Å². The lowest BCUT2D eigenvalue weighted by atomic mass is 9.96. The van der Waals surface area contributed by atoms with E-state index in [1.165, 1.54) is 22.2 Å². The summed E-state index contributed by atoms with van der Waals surface area (Å²) in [6.45, 7) is 12.9. The number of unbranched alkanes of at least 4 members (excludes halogenated alkanes) is 1. The molecular formula is C32H40N2O. The van der Waals surface area contributed by atoms with Crippen LogP contribution in [0.1, 0.15) is 81.8 Å². The average Bonchev–Trinajstić information content (AvgIpc) is 3.22. The molecule has 0 spiro atoms. The maximum absolute atomic E-state index is 6.01. The zero-order valence-electron chi connectivity index (χ0n) is 22.0. The van der Waals surface area contributed by atoms with Gasteiger partial charge >= 0.3 is 0 Å². The van der Waals surface area contributed by atoms with Crippen molar-refractivity contribution in [3.63, 3.8) is 0 Å². The van der Waals surface area contributed by atoms with Crippen LogP contribution < -0.4 is 4.74 Å². The molecule has 1 unspecified atom stereocenters. The molecule has 0 saturated heterocycles. The fraction of sp³-hybridized carbons (Fsp3) is 0.406. The zero-order valence-corrected chi connectivity index (χ0v) is 22.0. The monoisotopic (exact) mass is 468 g/mol. The Morgan fingerprint density at radius 3 is 2.14 bits per heavy atom. The number of ether oxygens (including phenoxy) is 1. The predicted octanol–water partition coefficient (Wildman–Crippen LogP) is 8.37. The van der Waals surface area contributed by atoms with E-state index in [2.05, 4.69) is 112 Å². The lowest BCUT2D eigenvalue weighted by molar-refractivity contribution is 0.303. The van der Waals surface area contributed by atoms with Gasteiger partial charge in [0.05, 0.1) is 17.6 Å². The summed E-state index contributed by atoms with van der Waals surface area (Å²) < 4.78 is 8.42. The third-order valence-electron chi connectivity index (χ3n) is 6.79. The third-order valence-corrected chi connectivity index (χ3v) is 6.79. The summed E-state index contributed by atoms with van der Waals surface area (Å²) in [4.78, 5) is 5.06. The summed E-state index contributed by atoms with van der Waals surface area (Å²) in [6.07, 6.45) is 3.19. The number of nitrogens with zero attached hydrogens (tertiary/aromatic N) is 2. The van der Waals surface area contributed by atoms with Crippen LogP contribution in [0.5, 0.6) is 5.75 Å². The van der Waals surface area contributed by atoms with Crippen molar-refractivity contribution in [3.05, 3.63) is 95.3 Å². The van der Waals surface area contributed by atoms with E-state index in [-0.39, 0.29) is 5.92 Å². The molecular weight excluding hydrogens is 428 g/mol. The average molecular weight is 469 g/mol. The Hall–Kier alpha value is -3.07. The van der Waals surface area contributed by atoms with Gasteiger partial charge in [0.25, 0.3) is 0 Å². The maximum Gasteiger partial charge on any atom is 0.119 e. The topological polar surface area (TPSA) is 27.1 Å². The molecule has 0 N–H and O–H groups in total. The van der Waals surface area contributed by atoms with Gasteiger partial charge in [0, 0.05) is 12.5 Å². The molecule has 0 amide bonds. The highest BCUT2D eigenvalue weighted by Gasteiger charge is 2.18. The highest BCUT2D eigenvalue weighted by atomic mass is 16.5. The minimum Gasteiger partial charge on any atom is -0.494 e. The highest BCUT2D eigenvalue weighted by Crippen LogP contribution is 2.28. The second-order valence-corrected chi connectivity index (χ2v) is 10.5. The fourth-order valence-electron chi connectivity index (χ4n) is 4.73. The van der Waals surface area contributed by atoms with Crippen molar-refractivity contribution in [2.45, 2.75) is 72.3 Å². The first-order valence-electron chi connectivity index (χ1n) is 13.2. The van der Waals surface area contributed by atoms with Crippen molar-refractivity contribution in [1.29, 1.82) is 0 Å². The van der Waals surface area contributed by atoms with Gasteiger partial charge in [-0.2, -0.15) is 0 Å². The van der Waals surface area contributed by atoms with Crippen molar-refractivity contribution in [2.75, 3.05) is 6.61 Å². The number of hydrogen-bond acceptors (Lipinski definition) is 2. The summed E-state index contributed by atoms with van der Waals surface area (Å²) in [7, 11) is 0. The Morgan fingerprint density at radius 2 is 1.46 bits per heavy atom. The molecule has 184 valence electrons. The Morgan fingerprint density at radius 1 is 0.771 bits per heavy atom. The maximum atomic E-state index is 6.01. The van der Waals surface area contributed by atoms with E-state index in [1.54, 1.807) is 0 Å². The van der Waals surface area contributed by atoms with Gasteiger partial charge in [-0.3, -0.25) is 0 Å². The van der Waals surface area contributed by atoms with Gasteiger partial charge in [0.2, 0.25) is 0 Å². The largest absolute Gasteiger partial charge is 0.494 e. The number of para-hydroxylation sites is 2. The summed E-state index contributed by atoms with van der Waals surface area (Å²) >= 11 is 0. The van der Waals surface area contributed by atoms with Crippen LogP contribution in [0.4, 0.5) is 0 Å². The Balaban J connectivity index is 1.42. The molecule has 3 aromatic carbocycles. The standard InChI is InChI=1S/C32H40N2O/c1-23(2)22-26-12-14-28(15-13-26)25(5)32-33-30-10-6-7-11-31(30)34(32)20-8-9-21-35-29-18-16-27(17-19-29)24(3)4/h6-7,10-19,23-25H,8-9,20-22H2,1-5H3. The first-order chi connectivity index (χ1) is 16.9. The molecule has 0 saturated carbocycles. The Labute approximate surface area is 211 Å². The predicted molar refractivity (Wildman–Crippen MR) is 147 cm³/mol. The molecule has 4 aromatic rings. The summed E-state index contributed by atoms with van der Waals surface area (Å²) in [5.41, 5.74) is 6.37. The van der Waals surface area contributed by atoms with Crippen LogP contribution in [-0.4, -0.2) is 16.2 Å². The second kappa shape index (κ2) is 11.6. The van der Waals surface area contributed by atoms with E-state index >= 15 is 0 Å². The van der Waals surface area contributed by atoms with E-state index in [9.17, 15) is 0 Å². The summed E-state index contributed by atoms with van der Waals surface area (Å²) in [5.74, 6) is 3.56. The third kappa shape index (κ3) is 6.33. The lowest BCUT2D eigenvalue weighted by Crippen LogP contribution is -2.10. The van der Waals surface area contributed by atoms with Gasteiger partial charge in [0.1, 0.15) is 11.6 Å². The van der Waals surface area contributed by atoms with E-state index in [0.717, 1.165) is 49.5 Å². The van der Waals surface area contributed by atoms with Gasteiger partial charge in [-0.05, 0) is 72.1 Å². The number of aromatic nitrogens is 2. The Bertz CT molecular complexity index is 1200. The van der Waals surface area contributed by atoms with Crippen LogP contribution >= 0.6 is 0 Å². The molecule has 1 heterocycles. The van der Waals surface area contributed by atoms with Crippen LogP contribution in [0.25, 0.3) is 11.0 Å².